The number of benzene rings is 1. The number of rotatable bonds is 8. The number of ether oxygens (including phenoxy) is 1. The van der Waals surface area contributed by atoms with Crippen molar-refractivity contribution in [2.45, 2.75) is 32.0 Å². The number of carbonyl (C=O) groups excluding carboxylic acids is 2. The fourth-order valence-corrected chi connectivity index (χ4v) is 2.20. The molecule has 0 saturated heterocycles. The van der Waals surface area contributed by atoms with Crippen LogP contribution in [-0.2, 0) is 28.0 Å². The molecule has 140 valence electrons. The van der Waals surface area contributed by atoms with Gasteiger partial charge in [0.2, 0.25) is 11.8 Å². The van der Waals surface area contributed by atoms with E-state index in [1.165, 1.54) is 0 Å². The van der Waals surface area contributed by atoms with E-state index in [0.29, 0.717) is 12.3 Å². The molecule has 1 aromatic carbocycles. The molecule has 0 radical (unpaired) electrons. The van der Waals surface area contributed by atoms with E-state index in [0.717, 1.165) is 5.56 Å². The quantitative estimate of drug-likeness (QED) is 0.664. The highest BCUT2D eigenvalue weighted by Gasteiger charge is 2.28. The lowest BCUT2D eigenvalue weighted by atomic mass is 10.1. The Morgan fingerprint density at radius 2 is 1.92 bits per heavy atom. The third kappa shape index (κ3) is 6.02. The van der Waals surface area contributed by atoms with E-state index in [-0.39, 0.29) is 12.5 Å². The van der Waals surface area contributed by atoms with Crippen LogP contribution >= 0.6 is 0 Å². The Labute approximate surface area is 153 Å². The molecule has 0 aliphatic heterocycles. The zero-order valence-corrected chi connectivity index (χ0v) is 15.4. The molecule has 0 aliphatic carbocycles. The fourth-order valence-electron chi connectivity index (χ4n) is 2.20. The molecule has 2 aromatic rings. The molecular weight excluding hydrogens is 332 g/mol. The van der Waals surface area contributed by atoms with Crippen molar-refractivity contribution < 1.29 is 14.3 Å². The van der Waals surface area contributed by atoms with Gasteiger partial charge in [-0.3, -0.25) is 9.59 Å². The minimum absolute atomic E-state index is 0.0371. The average Bonchev–Trinajstić information content (AvgIpc) is 2.98. The van der Waals surface area contributed by atoms with Crippen LogP contribution in [0, 0.1) is 0 Å². The highest BCUT2D eigenvalue weighted by Crippen LogP contribution is 2.08. The Kier molecular flexibility index (Phi) is 6.54. The van der Waals surface area contributed by atoms with Crippen molar-refractivity contribution >= 4 is 17.5 Å². The number of hydrogen-bond acceptors (Lipinski definition) is 4. The number of hydrogen-bond donors (Lipinski definition) is 3. The zero-order chi connectivity index (χ0) is 19.2. The number of carbonyl (C=O) groups is 2. The monoisotopic (exact) mass is 358 g/mol. The molecule has 0 fully saturated rings. The van der Waals surface area contributed by atoms with Crippen molar-refractivity contribution in [1.29, 1.82) is 0 Å². The van der Waals surface area contributed by atoms with Gasteiger partial charge in [0, 0.05) is 19.4 Å². The Balaban J connectivity index is 2.00. The lowest BCUT2D eigenvalue weighted by Crippen LogP contribution is -2.56. The van der Waals surface area contributed by atoms with Gasteiger partial charge >= 0.3 is 0 Å². The van der Waals surface area contributed by atoms with Gasteiger partial charge in [-0.05, 0) is 25.5 Å². The van der Waals surface area contributed by atoms with E-state index in [4.69, 9.17) is 10.5 Å². The molecule has 0 bridgehead atoms. The van der Waals surface area contributed by atoms with Crippen LogP contribution in [0.3, 0.4) is 0 Å². The van der Waals surface area contributed by atoms with Gasteiger partial charge in [0.15, 0.2) is 0 Å². The first-order chi connectivity index (χ1) is 12.3. The van der Waals surface area contributed by atoms with Crippen LogP contribution in [0.4, 0.5) is 5.69 Å². The molecule has 1 aromatic heterocycles. The summed E-state index contributed by atoms with van der Waals surface area (Å²) in [5.41, 5.74) is 6.35. The van der Waals surface area contributed by atoms with Crippen molar-refractivity contribution in [2.24, 2.45) is 12.8 Å². The van der Waals surface area contributed by atoms with Gasteiger partial charge < -0.3 is 25.7 Å². The van der Waals surface area contributed by atoms with Crippen LogP contribution in [0.1, 0.15) is 19.4 Å². The third-order valence-corrected chi connectivity index (χ3v) is 3.70. The molecule has 26 heavy (non-hydrogen) atoms. The summed E-state index contributed by atoms with van der Waals surface area (Å²) in [5.74, 6) is -0.782. The van der Waals surface area contributed by atoms with Crippen LogP contribution < -0.4 is 16.4 Å². The summed E-state index contributed by atoms with van der Waals surface area (Å²) in [6.45, 7) is 3.55. The van der Waals surface area contributed by atoms with Crippen molar-refractivity contribution in [1.82, 2.24) is 9.88 Å². The fraction of sp³-hybridized carbons (Fsp3) is 0.368. The van der Waals surface area contributed by atoms with Crippen LogP contribution in [0.15, 0.2) is 48.8 Å². The molecule has 0 saturated carbocycles. The van der Waals surface area contributed by atoms with Gasteiger partial charge in [-0.15, -0.1) is 0 Å². The van der Waals surface area contributed by atoms with Crippen molar-refractivity contribution in [3.05, 3.63) is 54.4 Å². The number of nitrogens with two attached hydrogens (primary N) is 1. The van der Waals surface area contributed by atoms with E-state index in [2.05, 4.69) is 10.6 Å². The largest absolute Gasteiger partial charge is 0.374 e. The Hall–Kier alpha value is -2.64. The lowest BCUT2D eigenvalue weighted by molar-refractivity contribution is -0.130. The molecule has 4 N–H and O–H groups in total. The summed E-state index contributed by atoms with van der Waals surface area (Å²) >= 11 is 0. The molecule has 1 unspecified atom stereocenters. The second-order valence-corrected chi connectivity index (χ2v) is 6.80. The number of anilines is 1. The first kappa shape index (κ1) is 19.7. The van der Waals surface area contributed by atoms with E-state index < -0.39 is 17.5 Å². The van der Waals surface area contributed by atoms with Crippen molar-refractivity contribution in [2.75, 3.05) is 11.9 Å². The molecular formula is C19H26N4O3. The number of nitrogens with one attached hydrogen (secondary N) is 2. The second kappa shape index (κ2) is 8.64. The van der Waals surface area contributed by atoms with Crippen LogP contribution in [0.25, 0.3) is 0 Å². The maximum atomic E-state index is 12.6. The molecule has 2 rings (SSSR count). The number of aromatic nitrogens is 1. The predicted octanol–water partition coefficient (Wildman–Crippen LogP) is 1.40. The summed E-state index contributed by atoms with van der Waals surface area (Å²) in [5, 5.41) is 5.44. The molecule has 2 amide bonds. The zero-order valence-electron chi connectivity index (χ0n) is 15.4. The molecule has 7 nitrogen and oxygen atoms in total. The highest BCUT2D eigenvalue weighted by molar-refractivity contribution is 5.98. The molecule has 1 atom stereocenters. The van der Waals surface area contributed by atoms with Crippen LogP contribution in [0.2, 0.25) is 0 Å². The Morgan fingerprint density at radius 1 is 1.23 bits per heavy atom. The van der Waals surface area contributed by atoms with E-state index in [1.54, 1.807) is 26.1 Å². The topological polar surface area (TPSA) is 98.4 Å². The lowest BCUT2D eigenvalue weighted by Gasteiger charge is -2.23. The smallest absolute Gasteiger partial charge is 0.249 e. The molecule has 0 spiro atoms. The van der Waals surface area contributed by atoms with Gasteiger partial charge in [0.05, 0.1) is 24.4 Å². The number of amides is 2. The van der Waals surface area contributed by atoms with Gasteiger partial charge in [0.1, 0.15) is 6.04 Å². The van der Waals surface area contributed by atoms with E-state index in [9.17, 15) is 9.59 Å². The van der Waals surface area contributed by atoms with Gasteiger partial charge in [-0.1, -0.05) is 30.3 Å². The minimum Gasteiger partial charge on any atom is -0.374 e. The molecule has 0 aliphatic rings. The summed E-state index contributed by atoms with van der Waals surface area (Å²) in [4.78, 5) is 24.8. The Morgan fingerprint density at radius 3 is 2.50 bits per heavy atom. The Bertz CT molecular complexity index is 735. The summed E-state index contributed by atoms with van der Waals surface area (Å²) in [6, 6.07) is 10.5. The van der Waals surface area contributed by atoms with Crippen LogP contribution in [-0.4, -0.2) is 34.6 Å². The normalized spacial score (nSPS) is 12.5. The minimum atomic E-state index is -1.09. The maximum Gasteiger partial charge on any atom is 0.249 e. The van der Waals surface area contributed by atoms with E-state index in [1.807, 2.05) is 48.1 Å². The first-order valence-corrected chi connectivity index (χ1v) is 8.40. The third-order valence-electron chi connectivity index (χ3n) is 3.70. The summed E-state index contributed by atoms with van der Waals surface area (Å²) in [7, 11) is 1.86. The predicted molar refractivity (Wildman–Crippen MR) is 100 cm³/mol. The van der Waals surface area contributed by atoms with E-state index >= 15 is 0 Å². The first-order valence-electron chi connectivity index (χ1n) is 8.40. The second-order valence-electron chi connectivity index (χ2n) is 6.80. The number of aryl methyl sites for hydroxylation is 1. The van der Waals surface area contributed by atoms with Crippen molar-refractivity contribution in [3.63, 3.8) is 0 Å². The highest BCUT2D eigenvalue weighted by atomic mass is 16.5. The summed E-state index contributed by atoms with van der Waals surface area (Å²) < 4.78 is 7.46. The SMILES string of the molecule is Cn1ccc(NC(=O)C(COCc2ccccc2)NC(=O)C(C)(C)N)c1. The summed E-state index contributed by atoms with van der Waals surface area (Å²) in [6.07, 6.45) is 3.59. The maximum absolute atomic E-state index is 12.6. The number of nitrogens with zero attached hydrogens (tertiary/aromatic N) is 1. The average molecular weight is 358 g/mol. The van der Waals surface area contributed by atoms with Crippen LogP contribution in [0.5, 0.6) is 0 Å². The molecule has 7 heteroatoms. The molecule has 1 heterocycles. The van der Waals surface area contributed by atoms with Gasteiger partial charge in [-0.25, -0.2) is 0 Å². The van der Waals surface area contributed by atoms with Crippen molar-refractivity contribution in [3.8, 4) is 0 Å². The van der Waals surface area contributed by atoms with Gasteiger partial charge in [0.25, 0.3) is 0 Å². The van der Waals surface area contributed by atoms with Gasteiger partial charge in [-0.2, -0.15) is 0 Å². The standard InChI is InChI=1S/C19H26N4O3/c1-19(2,20)18(25)22-16(13-26-12-14-7-5-4-6-8-14)17(24)21-15-9-10-23(3)11-15/h4-11,16H,12-13,20H2,1-3H3,(H,21,24)(H,22,25).